The van der Waals surface area contributed by atoms with Gasteiger partial charge >= 0.3 is 0 Å². The molecule has 2 aromatic carbocycles. The van der Waals surface area contributed by atoms with Crippen molar-refractivity contribution in [2.45, 2.75) is 38.7 Å². The number of amides is 2. The summed E-state index contributed by atoms with van der Waals surface area (Å²) in [7, 11) is 0. The van der Waals surface area contributed by atoms with E-state index in [0.29, 0.717) is 17.9 Å². The number of nitrogens with zero attached hydrogens (tertiary/aromatic N) is 1. The Bertz CT molecular complexity index is 1080. The molecule has 5 nitrogen and oxygen atoms in total. The molecule has 1 N–H and O–H groups in total. The summed E-state index contributed by atoms with van der Waals surface area (Å²) in [6, 6.07) is 17.4. The van der Waals surface area contributed by atoms with Gasteiger partial charge in [-0.3, -0.25) is 9.59 Å². The molecular formula is C25H26N2O3S. The van der Waals surface area contributed by atoms with Crippen molar-refractivity contribution in [2.75, 3.05) is 5.75 Å². The van der Waals surface area contributed by atoms with Gasteiger partial charge in [-0.25, -0.2) is 0 Å². The molecule has 2 atom stereocenters. The van der Waals surface area contributed by atoms with Crippen molar-refractivity contribution in [3.63, 3.8) is 0 Å². The van der Waals surface area contributed by atoms with E-state index in [0.717, 1.165) is 16.9 Å². The molecule has 0 bridgehead atoms. The zero-order chi connectivity index (χ0) is 22.0. The van der Waals surface area contributed by atoms with E-state index in [9.17, 15) is 9.59 Å². The minimum atomic E-state index is -0.111. The van der Waals surface area contributed by atoms with Crippen LogP contribution in [0.2, 0.25) is 0 Å². The predicted octanol–water partition coefficient (Wildman–Crippen LogP) is 5.16. The molecule has 1 fully saturated rings. The van der Waals surface area contributed by atoms with Gasteiger partial charge in [-0.2, -0.15) is 0 Å². The topological polar surface area (TPSA) is 62.6 Å². The number of thioether (sulfide) groups is 1. The number of furan rings is 1. The van der Waals surface area contributed by atoms with E-state index in [1.807, 2.05) is 48.2 Å². The van der Waals surface area contributed by atoms with Crippen molar-refractivity contribution >= 4 is 23.6 Å². The Hall–Kier alpha value is -2.99. The van der Waals surface area contributed by atoms with Crippen LogP contribution in [0.4, 0.5) is 0 Å². The summed E-state index contributed by atoms with van der Waals surface area (Å²) >= 11 is 1.59. The SMILES string of the molecule is Cc1ccc([C@H](C)NC(=O)c2ccc([C@H]3SCC(=O)N3Cc3ccco3)cc2)cc1C. The van der Waals surface area contributed by atoms with Gasteiger partial charge in [-0.1, -0.05) is 30.3 Å². The lowest BCUT2D eigenvalue weighted by Crippen LogP contribution is -2.28. The number of carbonyl (C=O) groups excluding carboxylic acids is 2. The highest BCUT2D eigenvalue weighted by atomic mass is 32.2. The standard InChI is InChI=1S/C25H26N2O3S/c1-16-6-7-21(13-17(16)2)18(3)26-24(29)19-8-10-20(11-9-19)25-27(23(28)15-31-25)14-22-5-4-12-30-22/h4-13,18,25H,14-15H2,1-3H3,(H,26,29)/t18-,25+/m0/s1. The van der Waals surface area contributed by atoms with Crippen LogP contribution >= 0.6 is 11.8 Å². The Morgan fingerprint density at radius 3 is 2.61 bits per heavy atom. The van der Waals surface area contributed by atoms with Gasteiger partial charge in [0.1, 0.15) is 11.1 Å². The maximum Gasteiger partial charge on any atom is 0.251 e. The zero-order valence-electron chi connectivity index (χ0n) is 17.9. The molecule has 3 aromatic rings. The Balaban J connectivity index is 1.44. The first-order valence-electron chi connectivity index (χ1n) is 10.3. The number of carbonyl (C=O) groups is 2. The van der Waals surface area contributed by atoms with Gasteiger partial charge in [0, 0.05) is 5.56 Å². The molecule has 0 aliphatic carbocycles. The maximum atomic E-state index is 12.7. The molecule has 4 rings (SSSR count). The van der Waals surface area contributed by atoms with Gasteiger partial charge < -0.3 is 14.6 Å². The minimum Gasteiger partial charge on any atom is -0.467 e. The number of nitrogens with one attached hydrogen (secondary N) is 1. The molecule has 1 aliphatic heterocycles. The second-order valence-corrected chi connectivity index (χ2v) is 8.99. The van der Waals surface area contributed by atoms with Gasteiger partial charge in [0.15, 0.2) is 0 Å². The van der Waals surface area contributed by atoms with Crippen LogP contribution in [0.5, 0.6) is 0 Å². The third-order valence-electron chi connectivity index (χ3n) is 5.71. The summed E-state index contributed by atoms with van der Waals surface area (Å²) in [5, 5.41) is 2.99. The van der Waals surface area contributed by atoms with Crippen LogP contribution < -0.4 is 5.32 Å². The Morgan fingerprint density at radius 2 is 1.94 bits per heavy atom. The van der Waals surface area contributed by atoms with E-state index in [2.05, 4.69) is 37.4 Å². The fourth-order valence-electron chi connectivity index (χ4n) is 3.67. The van der Waals surface area contributed by atoms with E-state index in [1.54, 1.807) is 18.0 Å². The number of benzene rings is 2. The van der Waals surface area contributed by atoms with Gasteiger partial charge in [-0.15, -0.1) is 11.8 Å². The van der Waals surface area contributed by atoms with Crippen LogP contribution in [0.25, 0.3) is 0 Å². The summed E-state index contributed by atoms with van der Waals surface area (Å²) in [6.45, 7) is 6.59. The van der Waals surface area contributed by atoms with E-state index in [4.69, 9.17) is 4.42 Å². The predicted molar refractivity (Wildman–Crippen MR) is 123 cm³/mol. The van der Waals surface area contributed by atoms with Crippen molar-refractivity contribution < 1.29 is 14.0 Å². The fraction of sp³-hybridized carbons (Fsp3) is 0.280. The van der Waals surface area contributed by atoms with Crippen molar-refractivity contribution in [3.05, 3.63) is 94.4 Å². The monoisotopic (exact) mass is 434 g/mol. The molecule has 6 heteroatoms. The molecule has 0 unspecified atom stereocenters. The van der Waals surface area contributed by atoms with Crippen LogP contribution in [0.3, 0.4) is 0 Å². The van der Waals surface area contributed by atoms with Crippen LogP contribution in [0, 0.1) is 13.8 Å². The van der Waals surface area contributed by atoms with Crippen molar-refractivity contribution in [3.8, 4) is 0 Å². The number of aryl methyl sites for hydroxylation is 2. The molecule has 1 aromatic heterocycles. The van der Waals surface area contributed by atoms with E-state index in [-0.39, 0.29) is 23.2 Å². The number of rotatable bonds is 6. The molecule has 160 valence electrons. The van der Waals surface area contributed by atoms with Crippen LogP contribution in [0.1, 0.15) is 56.7 Å². The molecule has 1 saturated heterocycles. The summed E-state index contributed by atoms with van der Waals surface area (Å²) in [5.74, 6) is 1.19. The largest absolute Gasteiger partial charge is 0.467 e. The lowest BCUT2D eigenvalue weighted by Gasteiger charge is -2.23. The summed E-state index contributed by atoms with van der Waals surface area (Å²) in [4.78, 5) is 26.9. The highest BCUT2D eigenvalue weighted by Gasteiger charge is 2.33. The van der Waals surface area contributed by atoms with Gasteiger partial charge in [-0.05, 0) is 67.3 Å². The molecule has 2 heterocycles. The Kier molecular flexibility index (Phi) is 6.18. The quantitative estimate of drug-likeness (QED) is 0.582. The number of hydrogen-bond donors (Lipinski definition) is 1. The Morgan fingerprint density at radius 1 is 1.16 bits per heavy atom. The molecule has 0 spiro atoms. The smallest absolute Gasteiger partial charge is 0.251 e. The zero-order valence-corrected chi connectivity index (χ0v) is 18.7. The molecule has 1 aliphatic rings. The minimum absolute atomic E-state index is 0.0795. The summed E-state index contributed by atoms with van der Waals surface area (Å²) < 4.78 is 5.41. The van der Waals surface area contributed by atoms with Gasteiger partial charge in [0.25, 0.3) is 5.91 Å². The number of hydrogen-bond acceptors (Lipinski definition) is 4. The first-order valence-corrected chi connectivity index (χ1v) is 11.4. The lowest BCUT2D eigenvalue weighted by molar-refractivity contribution is -0.128. The highest BCUT2D eigenvalue weighted by molar-refractivity contribution is 8.00. The van der Waals surface area contributed by atoms with Crippen LogP contribution in [-0.2, 0) is 11.3 Å². The first kappa shape index (κ1) is 21.2. The van der Waals surface area contributed by atoms with Gasteiger partial charge in [0.05, 0.1) is 24.6 Å². The van der Waals surface area contributed by atoms with Crippen molar-refractivity contribution in [2.24, 2.45) is 0 Å². The van der Waals surface area contributed by atoms with Crippen LogP contribution in [-0.4, -0.2) is 22.5 Å². The average molecular weight is 435 g/mol. The normalized spacial score (nSPS) is 17.1. The molecular weight excluding hydrogens is 408 g/mol. The maximum absolute atomic E-state index is 12.7. The fourth-order valence-corrected chi connectivity index (χ4v) is 4.86. The average Bonchev–Trinajstić information content (AvgIpc) is 3.41. The second-order valence-electron chi connectivity index (χ2n) is 7.93. The third-order valence-corrected chi connectivity index (χ3v) is 6.97. The first-order chi connectivity index (χ1) is 14.9. The molecule has 2 amide bonds. The summed E-state index contributed by atoms with van der Waals surface area (Å²) in [5.41, 5.74) is 5.14. The van der Waals surface area contributed by atoms with Gasteiger partial charge in [0.2, 0.25) is 5.91 Å². The molecule has 0 saturated carbocycles. The third kappa shape index (κ3) is 4.69. The van der Waals surface area contributed by atoms with Crippen molar-refractivity contribution in [1.29, 1.82) is 0 Å². The lowest BCUT2D eigenvalue weighted by atomic mass is 10.0. The van der Waals surface area contributed by atoms with E-state index in [1.165, 1.54) is 11.1 Å². The van der Waals surface area contributed by atoms with E-state index < -0.39 is 0 Å². The second kappa shape index (κ2) is 9.02. The Labute approximate surface area is 186 Å². The van der Waals surface area contributed by atoms with E-state index >= 15 is 0 Å². The highest BCUT2D eigenvalue weighted by Crippen LogP contribution is 2.39. The summed E-state index contributed by atoms with van der Waals surface area (Å²) in [6.07, 6.45) is 1.62. The van der Waals surface area contributed by atoms with Crippen LogP contribution in [0.15, 0.2) is 65.3 Å². The van der Waals surface area contributed by atoms with Crippen molar-refractivity contribution in [1.82, 2.24) is 10.2 Å². The molecule has 31 heavy (non-hydrogen) atoms. The molecule has 0 radical (unpaired) electrons.